The summed E-state index contributed by atoms with van der Waals surface area (Å²) in [7, 11) is 1.63. The van der Waals surface area contributed by atoms with E-state index >= 15 is 0 Å². The molecule has 0 atom stereocenters. The van der Waals surface area contributed by atoms with Crippen LogP contribution in [0.4, 0.5) is 4.79 Å². The summed E-state index contributed by atoms with van der Waals surface area (Å²) in [5, 5.41) is 5.46. The van der Waals surface area contributed by atoms with Crippen molar-refractivity contribution in [3.8, 4) is 0 Å². The van der Waals surface area contributed by atoms with Gasteiger partial charge in [0.1, 0.15) is 0 Å². The highest BCUT2D eigenvalue weighted by Crippen LogP contribution is 2.28. The van der Waals surface area contributed by atoms with Gasteiger partial charge in [0.2, 0.25) is 0 Å². The molecule has 0 saturated carbocycles. The number of carbonyl (C=O) groups excluding carboxylic acids is 1. The second-order valence-corrected chi connectivity index (χ2v) is 5.50. The third kappa shape index (κ3) is 3.03. The maximum absolute atomic E-state index is 11.3. The normalized spacial score (nSPS) is 11.2. The summed E-state index contributed by atoms with van der Waals surface area (Å²) in [5.74, 6) is 0. The summed E-state index contributed by atoms with van der Waals surface area (Å²) in [5.41, 5.74) is 5.18. The number of nitrogens with one attached hydrogen (secondary N) is 2. The van der Waals surface area contributed by atoms with Gasteiger partial charge in [-0.1, -0.05) is 26.0 Å². The fourth-order valence-corrected chi connectivity index (χ4v) is 2.17. The first-order chi connectivity index (χ1) is 8.29. The lowest BCUT2D eigenvalue weighted by Crippen LogP contribution is -2.41. The van der Waals surface area contributed by atoms with Crippen LogP contribution in [0.1, 0.15) is 36.1 Å². The molecule has 0 fully saturated rings. The summed E-state index contributed by atoms with van der Waals surface area (Å²) in [6.45, 7) is 11.4. The largest absolute Gasteiger partial charge is 0.341 e. The summed E-state index contributed by atoms with van der Waals surface area (Å²) in [4.78, 5) is 11.3. The molecule has 1 aromatic rings. The van der Waals surface area contributed by atoms with Crippen LogP contribution in [0.15, 0.2) is 12.1 Å². The molecule has 0 heterocycles. The van der Waals surface area contributed by atoms with Crippen molar-refractivity contribution >= 4 is 6.03 Å². The lowest BCUT2D eigenvalue weighted by molar-refractivity contribution is 0.240. The van der Waals surface area contributed by atoms with Gasteiger partial charge in [0, 0.05) is 19.0 Å². The van der Waals surface area contributed by atoms with E-state index in [2.05, 4.69) is 57.4 Å². The molecular formula is C15H24N2O. The Morgan fingerprint density at radius 1 is 1.17 bits per heavy atom. The molecule has 0 radical (unpaired) electrons. The third-order valence-corrected chi connectivity index (χ3v) is 3.71. The van der Waals surface area contributed by atoms with Crippen LogP contribution in [0.25, 0.3) is 0 Å². The van der Waals surface area contributed by atoms with Gasteiger partial charge in [-0.2, -0.15) is 0 Å². The van der Waals surface area contributed by atoms with Gasteiger partial charge in [-0.15, -0.1) is 0 Å². The lowest BCUT2D eigenvalue weighted by atomic mass is 9.80. The van der Waals surface area contributed by atoms with Gasteiger partial charge in [0.05, 0.1) is 0 Å². The predicted octanol–water partition coefficient (Wildman–Crippen LogP) is 2.82. The molecule has 2 N–H and O–H groups in total. The summed E-state index contributed by atoms with van der Waals surface area (Å²) >= 11 is 0. The van der Waals surface area contributed by atoms with E-state index < -0.39 is 0 Å². The molecule has 1 rings (SSSR count). The maximum atomic E-state index is 11.3. The Bertz CT molecular complexity index is 450. The van der Waals surface area contributed by atoms with Crippen LogP contribution >= 0.6 is 0 Å². The maximum Gasteiger partial charge on any atom is 0.314 e. The molecule has 2 amide bonds. The van der Waals surface area contributed by atoms with Crippen molar-refractivity contribution < 1.29 is 4.79 Å². The third-order valence-electron chi connectivity index (χ3n) is 3.71. The van der Waals surface area contributed by atoms with E-state index in [9.17, 15) is 4.79 Å². The molecule has 0 aliphatic carbocycles. The number of urea groups is 1. The molecule has 0 saturated heterocycles. The van der Waals surface area contributed by atoms with Crippen LogP contribution in [0.5, 0.6) is 0 Å². The Morgan fingerprint density at radius 2 is 1.78 bits per heavy atom. The molecule has 0 aliphatic rings. The van der Waals surface area contributed by atoms with E-state index in [0.29, 0.717) is 6.54 Å². The SMILES string of the molecule is CNC(=O)NCC(C)(C)c1ccc(C)c(C)c1C. The zero-order chi connectivity index (χ0) is 13.9. The van der Waals surface area contributed by atoms with E-state index in [0.717, 1.165) is 0 Å². The van der Waals surface area contributed by atoms with Gasteiger partial charge in [-0.3, -0.25) is 0 Å². The number of carbonyl (C=O) groups is 1. The Kier molecular flexibility index (Phi) is 4.38. The van der Waals surface area contributed by atoms with Gasteiger partial charge in [-0.25, -0.2) is 4.79 Å². The van der Waals surface area contributed by atoms with Crippen LogP contribution in [0, 0.1) is 20.8 Å². The molecule has 18 heavy (non-hydrogen) atoms. The first-order valence-corrected chi connectivity index (χ1v) is 6.32. The van der Waals surface area contributed by atoms with Crippen molar-refractivity contribution in [2.45, 2.75) is 40.0 Å². The number of hydrogen-bond acceptors (Lipinski definition) is 1. The molecule has 0 aromatic heterocycles. The Balaban J connectivity index is 2.98. The van der Waals surface area contributed by atoms with E-state index in [4.69, 9.17) is 0 Å². The molecule has 1 aromatic carbocycles. The molecular weight excluding hydrogens is 224 g/mol. The molecule has 0 unspecified atom stereocenters. The number of amides is 2. The van der Waals surface area contributed by atoms with Crippen LogP contribution < -0.4 is 10.6 Å². The fourth-order valence-electron chi connectivity index (χ4n) is 2.17. The van der Waals surface area contributed by atoms with Crippen LogP contribution in [0.3, 0.4) is 0 Å². The fraction of sp³-hybridized carbons (Fsp3) is 0.533. The van der Waals surface area contributed by atoms with Gasteiger partial charge in [0.15, 0.2) is 0 Å². The summed E-state index contributed by atoms with van der Waals surface area (Å²) in [6.07, 6.45) is 0. The van der Waals surface area contributed by atoms with Crippen LogP contribution in [0.2, 0.25) is 0 Å². The topological polar surface area (TPSA) is 41.1 Å². The minimum absolute atomic E-state index is 0.0744. The van der Waals surface area contributed by atoms with Gasteiger partial charge in [0.25, 0.3) is 0 Å². The average molecular weight is 248 g/mol. The first kappa shape index (κ1) is 14.6. The number of benzene rings is 1. The second-order valence-electron chi connectivity index (χ2n) is 5.50. The van der Waals surface area contributed by atoms with Crippen molar-refractivity contribution in [2.75, 3.05) is 13.6 Å². The molecule has 100 valence electrons. The molecule has 3 nitrogen and oxygen atoms in total. The minimum atomic E-state index is -0.135. The Morgan fingerprint density at radius 3 is 2.33 bits per heavy atom. The lowest BCUT2D eigenvalue weighted by Gasteiger charge is -2.28. The van der Waals surface area contributed by atoms with Crippen molar-refractivity contribution in [1.82, 2.24) is 10.6 Å². The number of hydrogen-bond donors (Lipinski definition) is 2. The molecule has 3 heteroatoms. The molecule has 0 bridgehead atoms. The highest BCUT2D eigenvalue weighted by atomic mass is 16.2. The summed E-state index contributed by atoms with van der Waals surface area (Å²) < 4.78 is 0. The predicted molar refractivity (Wildman–Crippen MR) is 76.1 cm³/mol. The minimum Gasteiger partial charge on any atom is -0.341 e. The molecule has 0 aliphatic heterocycles. The summed E-state index contributed by atoms with van der Waals surface area (Å²) in [6, 6.07) is 4.19. The number of aryl methyl sites for hydroxylation is 1. The Labute approximate surface area is 110 Å². The van der Waals surface area contributed by atoms with E-state index in [-0.39, 0.29) is 11.4 Å². The van der Waals surface area contributed by atoms with Crippen LogP contribution in [-0.2, 0) is 5.41 Å². The zero-order valence-electron chi connectivity index (χ0n) is 12.3. The quantitative estimate of drug-likeness (QED) is 0.848. The van der Waals surface area contributed by atoms with Crippen molar-refractivity contribution in [2.24, 2.45) is 0 Å². The van der Waals surface area contributed by atoms with Crippen LogP contribution in [-0.4, -0.2) is 19.6 Å². The molecule has 0 spiro atoms. The monoisotopic (exact) mass is 248 g/mol. The Hall–Kier alpha value is -1.51. The van der Waals surface area contributed by atoms with Crippen molar-refractivity contribution in [3.05, 3.63) is 34.4 Å². The van der Waals surface area contributed by atoms with Gasteiger partial charge < -0.3 is 10.6 Å². The second kappa shape index (κ2) is 5.42. The zero-order valence-corrected chi connectivity index (χ0v) is 12.3. The van der Waals surface area contributed by atoms with Gasteiger partial charge in [-0.05, 0) is 43.0 Å². The standard InChI is InChI=1S/C15H24N2O/c1-10-7-8-13(12(3)11(10)2)15(4,5)9-17-14(18)16-6/h7-8H,9H2,1-6H3,(H2,16,17,18). The smallest absolute Gasteiger partial charge is 0.314 e. The highest BCUT2D eigenvalue weighted by molar-refractivity contribution is 5.73. The van der Waals surface area contributed by atoms with Crippen molar-refractivity contribution in [3.63, 3.8) is 0 Å². The average Bonchev–Trinajstić information content (AvgIpc) is 2.32. The number of rotatable bonds is 3. The van der Waals surface area contributed by atoms with E-state index in [1.54, 1.807) is 7.05 Å². The van der Waals surface area contributed by atoms with E-state index in [1.165, 1.54) is 22.3 Å². The van der Waals surface area contributed by atoms with E-state index in [1.807, 2.05) is 0 Å². The van der Waals surface area contributed by atoms with Crippen molar-refractivity contribution in [1.29, 1.82) is 0 Å². The highest BCUT2D eigenvalue weighted by Gasteiger charge is 2.23. The van der Waals surface area contributed by atoms with Gasteiger partial charge >= 0.3 is 6.03 Å². The first-order valence-electron chi connectivity index (χ1n) is 6.32.